The molecule has 3 N–H and O–H groups in total. The molecule has 0 saturated carbocycles. The fraction of sp³-hybridized carbons (Fsp3) is 0.308. The van der Waals surface area contributed by atoms with Crippen molar-refractivity contribution in [1.82, 2.24) is 29.5 Å². The van der Waals surface area contributed by atoms with Gasteiger partial charge in [-0.05, 0) is 115 Å². The fourth-order valence-electron chi connectivity index (χ4n) is 7.61. The Morgan fingerprint density at radius 3 is 1.48 bits per heavy atom. The summed E-state index contributed by atoms with van der Waals surface area (Å²) in [5, 5.41) is 14.9. The molecule has 0 spiro atoms. The minimum Gasteiger partial charge on any atom is -0.497 e. The van der Waals surface area contributed by atoms with Crippen LogP contribution in [0.25, 0.3) is 22.1 Å². The SMILES string of the molecule is COc1ccc(Cn2nc(Br)c3c(Oc4ccc(C)cc4)ccnc32)cc1.COc1ccc(Cn2nc(NC3CCOCC3)c3c(Oc4ccc(C)cc4)ccnc32)cc1.NC1CCOCC1. The quantitative estimate of drug-likeness (QED) is 0.120. The molecule has 4 aromatic carbocycles. The van der Waals surface area contributed by atoms with Crippen LogP contribution in [0.2, 0.25) is 0 Å². The average molecular weight is 970 g/mol. The van der Waals surface area contributed by atoms with Gasteiger partial charge in [-0.3, -0.25) is 0 Å². The van der Waals surface area contributed by atoms with Crippen molar-refractivity contribution < 1.29 is 28.4 Å². The predicted octanol–water partition coefficient (Wildman–Crippen LogP) is 10.7. The zero-order valence-electron chi connectivity index (χ0n) is 38.4. The van der Waals surface area contributed by atoms with Crippen molar-refractivity contribution in [2.24, 2.45) is 5.73 Å². The summed E-state index contributed by atoms with van der Waals surface area (Å²) in [5.74, 6) is 5.47. The molecule has 10 rings (SSSR count). The second-order valence-corrected chi connectivity index (χ2v) is 17.2. The molecule has 0 atom stereocenters. The summed E-state index contributed by atoms with van der Waals surface area (Å²) in [5.41, 5.74) is 11.7. The number of halogens is 1. The van der Waals surface area contributed by atoms with Crippen molar-refractivity contribution in [3.8, 4) is 34.5 Å². The number of ether oxygens (including phenoxy) is 6. The van der Waals surface area contributed by atoms with Gasteiger partial charge in [-0.1, -0.05) is 59.7 Å². The van der Waals surface area contributed by atoms with Crippen LogP contribution in [0.5, 0.6) is 34.5 Å². The number of nitrogens with one attached hydrogen (secondary N) is 1. The maximum atomic E-state index is 6.30. The molecule has 2 saturated heterocycles. The summed E-state index contributed by atoms with van der Waals surface area (Å²) in [4.78, 5) is 9.19. The lowest BCUT2D eigenvalue weighted by atomic mass is 10.1. The fourth-order valence-corrected chi connectivity index (χ4v) is 8.18. The van der Waals surface area contributed by atoms with Crippen LogP contribution in [0.4, 0.5) is 5.82 Å². The van der Waals surface area contributed by atoms with E-state index in [4.69, 9.17) is 39.3 Å². The van der Waals surface area contributed by atoms with Gasteiger partial charge >= 0.3 is 0 Å². The van der Waals surface area contributed by atoms with Crippen LogP contribution in [0, 0.1) is 13.8 Å². The van der Waals surface area contributed by atoms with E-state index in [1.165, 1.54) is 11.1 Å². The zero-order chi connectivity index (χ0) is 46.5. The Bertz CT molecular complexity index is 2810. The van der Waals surface area contributed by atoms with E-state index in [1.807, 2.05) is 125 Å². The number of aromatic nitrogens is 6. The second-order valence-electron chi connectivity index (χ2n) is 16.5. The Labute approximate surface area is 399 Å². The Morgan fingerprint density at radius 1 is 0.582 bits per heavy atom. The van der Waals surface area contributed by atoms with Gasteiger partial charge in [-0.15, -0.1) is 0 Å². The minimum absolute atomic E-state index is 0.304. The standard InChI is InChI=1S/C26H28N4O3.C21H18BrN3O2.C5H11NO/c1-18-3-7-22(8-4-18)33-23-11-14-27-26-24(23)25(28-20-12-15-32-16-13-20)29-30(26)17-19-5-9-21(31-2)10-6-19;1-14-3-7-17(8-4-14)27-18-11-12-23-21-19(18)20(22)24-25(21)13-15-5-9-16(26-2)10-6-15;6-5-1-3-7-4-2-5/h3-11,14,20H,12-13,15-17H2,1-2H3,(H,28,29);3-12H,13H2,1-2H3;5H,1-4,6H2. The van der Waals surface area contributed by atoms with Gasteiger partial charge in [0, 0.05) is 63.0 Å². The Balaban J connectivity index is 0.000000161. The minimum atomic E-state index is 0.304. The number of anilines is 1. The van der Waals surface area contributed by atoms with Gasteiger partial charge in [0.1, 0.15) is 44.5 Å². The van der Waals surface area contributed by atoms with Crippen LogP contribution >= 0.6 is 15.9 Å². The van der Waals surface area contributed by atoms with Crippen molar-refractivity contribution in [3.05, 3.63) is 148 Å². The number of rotatable bonds is 12. The van der Waals surface area contributed by atoms with Crippen molar-refractivity contribution in [2.45, 2.75) is 64.7 Å². The lowest BCUT2D eigenvalue weighted by Crippen LogP contribution is -2.28. The molecule has 15 heteroatoms. The van der Waals surface area contributed by atoms with Crippen molar-refractivity contribution in [2.75, 3.05) is 46.0 Å². The number of methoxy groups -OCH3 is 2. The average Bonchev–Trinajstić information content (AvgIpc) is 3.87. The summed E-state index contributed by atoms with van der Waals surface area (Å²) < 4.78 is 38.0. The molecule has 2 aliphatic rings. The van der Waals surface area contributed by atoms with Crippen molar-refractivity contribution in [1.29, 1.82) is 0 Å². The normalized spacial score (nSPS) is 14.1. The van der Waals surface area contributed by atoms with Crippen LogP contribution in [-0.4, -0.2) is 82.3 Å². The molecule has 2 aliphatic heterocycles. The van der Waals surface area contributed by atoms with Crippen LogP contribution in [-0.2, 0) is 22.6 Å². The Kier molecular flexibility index (Phi) is 16.0. The van der Waals surface area contributed by atoms with E-state index in [9.17, 15) is 0 Å². The molecule has 4 aromatic heterocycles. The monoisotopic (exact) mass is 968 g/mol. The maximum absolute atomic E-state index is 6.30. The Hall–Kier alpha value is -6.52. The van der Waals surface area contributed by atoms with Gasteiger partial charge < -0.3 is 39.5 Å². The maximum Gasteiger partial charge on any atom is 0.164 e. The molecule has 67 heavy (non-hydrogen) atoms. The van der Waals surface area contributed by atoms with Crippen molar-refractivity contribution >= 4 is 43.8 Å². The molecule has 0 unspecified atom stereocenters. The van der Waals surface area contributed by atoms with E-state index in [0.717, 1.165) is 126 Å². The third-order valence-electron chi connectivity index (χ3n) is 11.5. The van der Waals surface area contributed by atoms with E-state index < -0.39 is 0 Å². The molecule has 0 aliphatic carbocycles. The highest BCUT2D eigenvalue weighted by Crippen LogP contribution is 2.36. The number of pyridine rings is 2. The number of nitrogens with zero attached hydrogens (tertiary/aromatic N) is 6. The van der Waals surface area contributed by atoms with Gasteiger partial charge in [0.25, 0.3) is 0 Å². The van der Waals surface area contributed by atoms with Gasteiger partial charge in [0.15, 0.2) is 17.1 Å². The van der Waals surface area contributed by atoms with Gasteiger partial charge in [0.2, 0.25) is 0 Å². The highest BCUT2D eigenvalue weighted by atomic mass is 79.9. The first kappa shape index (κ1) is 47.0. The summed E-state index contributed by atoms with van der Waals surface area (Å²) in [6.07, 6.45) is 7.49. The molecule has 0 amide bonds. The number of aryl methyl sites for hydroxylation is 2. The van der Waals surface area contributed by atoms with Crippen LogP contribution in [0.3, 0.4) is 0 Å². The number of fused-ring (bicyclic) bond motifs is 2. The molecule has 0 radical (unpaired) electrons. The van der Waals surface area contributed by atoms with Crippen LogP contribution in [0.15, 0.2) is 126 Å². The zero-order valence-corrected chi connectivity index (χ0v) is 39.9. The van der Waals surface area contributed by atoms with E-state index in [0.29, 0.717) is 29.8 Å². The smallest absolute Gasteiger partial charge is 0.164 e. The van der Waals surface area contributed by atoms with E-state index >= 15 is 0 Å². The molecule has 8 aromatic rings. The first-order chi connectivity index (χ1) is 32.7. The number of benzene rings is 4. The molecule has 2 fully saturated rings. The number of hydrogen-bond acceptors (Lipinski definition) is 12. The lowest BCUT2D eigenvalue weighted by Gasteiger charge is -2.23. The molecular weight excluding hydrogens is 913 g/mol. The van der Waals surface area contributed by atoms with Crippen LogP contribution < -0.4 is 30.0 Å². The summed E-state index contributed by atoms with van der Waals surface area (Å²) >= 11 is 3.56. The first-order valence-corrected chi connectivity index (χ1v) is 23.3. The first-order valence-electron chi connectivity index (χ1n) is 22.5. The molecule has 14 nitrogen and oxygen atoms in total. The Morgan fingerprint density at radius 2 is 1.01 bits per heavy atom. The molecule has 6 heterocycles. The second kappa shape index (κ2) is 22.8. The summed E-state index contributed by atoms with van der Waals surface area (Å²) in [6.45, 7) is 8.55. The lowest BCUT2D eigenvalue weighted by molar-refractivity contribution is 0.0866. The van der Waals surface area contributed by atoms with Gasteiger partial charge in [0.05, 0.1) is 32.7 Å². The summed E-state index contributed by atoms with van der Waals surface area (Å²) in [6, 6.07) is 36.4. The highest BCUT2D eigenvalue weighted by Gasteiger charge is 2.22. The van der Waals surface area contributed by atoms with Gasteiger partial charge in [-0.25, -0.2) is 19.3 Å². The largest absolute Gasteiger partial charge is 0.497 e. The van der Waals surface area contributed by atoms with E-state index in [-0.39, 0.29) is 0 Å². The third-order valence-corrected chi connectivity index (χ3v) is 12.0. The summed E-state index contributed by atoms with van der Waals surface area (Å²) in [7, 11) is 3.33. The topological polar surface area (TPSA) is 155 Å². The number of hydrogen-bond donors (Lipinski definition) is 2. The van der Waals surface area contributed by atoms with E-state index in [2.05, 4.69) is 43.2 Å². The molecule has 0 bridgehead atoms. The third kappa shape index (κ3) is 12.5. The van der Waals surface area contributed by atoms with Crippen molar-refractivity contribution in [3.63, 3.8) is 0 Å². The van der Waals surface area contributed by atoms with Gasteiger partial charge in [-0.2, -0.15) is 10.2 Å². The predicted molar refractivity (Wildman–Crippen MR) is 265 cm³/mol. The van der Waals surface area contributed by atoms with Crippen LogP contribution in [0.1, 0.15) is 47.9 Å². The molecular formula is C52H57BrN8O6. The van der Waals surface area contributed by atoms with E-state index in [1.54, 1.807) is 26.6 Å². The number of nitrogens with two attached hydrogens (primary N) is 1. The highest BCUT2D eigenvalue weighted by molar-refractivity contribution is 9.10. The molecule has 348 valence electrons.